The van der Waals surface area contributed by atoms with Crippen LogP contribution in [0.5, 0.6) is 11.5 Å². The van der Waals surface area contributed by atoms with E-state index in [0.717, 1.165) is 37.4 Å². The van der Waals surface area contributed by atoms with E-state index < -0.39 is 0 Å². The summed E-state index contributed by atoms with van der Waals surface area (Å²) in [6.45, 7) is 3.45. The summed E-state index contributed by atoms with van der Waals surface area (Å²) in [4.78, 5) is 0. The molecule has 0 saturated heterocycles. The maximum absolute atomic E-state index is 5.98. The number of para-hydroxylation sites is 2. The Kier molecular flexibility index (Phi) is 8.03. The molecule has 5 heteroatoms. The zero-order chi connectivity index (χ0) is 17.9. The number of rotatable bonds is 0. The van der Waals surface area contributed by atoms with E-state index >= 15 is 0 Å². The normalized spacial score (nSPS) is 25.7. The van der Waals surface area contributed by atoms with Crippen molar-refractivity contribution in [2.45, 2.75) is 31.5 Å². The summed E-state index contributed by atoms with van der Waals surface area (Å²) < 4.78 is 29.1. The molecule has 0 bridgehead atoms. The molecule has 3 rings (SSSR count). The van der Waals surface area contributed by atoms with Crippen LogP contribution in [0.4, 0.5) is 0 Å². The lowest BCUT2D eigenvalue weighted by atomic mass is 10.1. The zero-order valence-corrected chi connectivity index (χ0v) is 15.2. The van der Waals surface area contributed by atoms with E-state index in [-0.39, 0.29) is 12.2 Å². The van der Waals surface area contributed by atoms with E-state index in [1.165, 1.54) is 0 Å². The van der Waals surface area contributed by atoms with Gasteiger partial charge in [-0.2, -0.15) is 0 Å². The maximum Gasteiger partial charge on any atom is 0.161 e. The van der Waals surface area contributed by atoms with Crippen molar-refractivity contribution in [1.29, 1.82) is 0 Å². The van der Waals surface area contributed by atoms with E-state index in [9.17, 15) is 0 Å². The smallest absolute Gasteiger partial charge is 0.161 e. The van der Waals surface area contributed by atoms with Crippen LogP contribution >= 0.6 is 0 Å². The fourth-order valence-corrected chi connectivity index (χ4v) is 2.89. The van der Waals surface area contributed by atoms with Gasteiger partial charge in [0.05, 0.1) is 26.4 Å². The van der Waals surface area contributed by atoms with Gasteiger partial charge in [-0.3, -0.25) is 0 Å². The van der Waals surface area contributed by atoms with E-state index in [1.54, 1.807) is 0 Å². The third kappa shape index (κ3) is 6.16. The molecule has 0 radical (unpaired) electrons. The first-order valence-electron chi connectivity index (χ1n) is 9.44. The molecule has 1 aliphatic carbocycles. The Labute approximate surface area is 155 Å². The molecule has 5 nitrogen and oxygen atoms in total. The van der Waals surface area contributed by atoms with Crippen LogP contribution in [0, 0.1) is 0 Å². The standard InChI is InChI=1S/C21H28O5/c1-6-12-23-18-8-2-4-10-20(18)25-16-14-22-15-17-26-21-11-5-3-9-19(21)24-13-7-1/h2-5,8-11,18,20H,1,6-7,12-17H2. The van der Waals surface area contributed by atoms with Crippen molar-refractivity contribution in [2.75, 3.05) is 39.6 Å². The monoisotopic (exact) mass is 360 g/mol. The lowest BCUT2D eigenvalue weighted by molar-refractivity contribution is -0.0488. The van der Waals surface area contributed by atoms with Crippen LogP contribution in [0.25, 0.3) is 0 Å². The lowest BCUT2D eigenvalue weighted by Gasteiger charge is -2.25. The van der Waals surface area contributed by atoms with Gasteiger partial charge in [0, 0.05) is 6.61 Å². The van der Waals surface area contributed by atoms with Crippen molar-refractivity contribution in [3.05, 3.63) is 48.6 Å². The summed E-state index contributed by atoms with van der Waals surface area (Å²) in [5.74, 6) is 1.55. The highest BCUT2D eigenvalue weighted by Crippen LogP contribution is 2.26. The highest BCUT2D eigenvalue weighted by Gasteiger charge is 2.19. The van der Waals surface area contributed by atoms with Crippen LogP contribution in [-0.2, 0) is 14.2 Å². The average Bonchev–Trinajstić information content (AvgIpc) is 2.68. The van der Waals surface area contributed by atoms with Crippen LogP contribution in [-0.4, -0.2) is 51.8 Å². The molecule has 26 heavy (non-hydrogen) atoms. The van der Waals surface area contributed by atoms with Crippen molar-refractivity contribution >= 4 is 0 Å². The van der Waals surface area contributed by atoms with Gasteiger partial charge in [0.1, 0.15) is 18.8 Å². The number of fused-ring (bicyclic) bond motifs is 2. The van der Waals surface area contributed by atoms with E-state index in [1.807, 2.05) is 42.5 Å². The third-order valence-corrected chi connectivity index (χ3v) is 4.27. The van der Waals surface area contributed by atoms with Crippen LogP contribution in [0.15, 0.2) is 48.6 Å². The van der Waals surface area contributed by atoms with Gasteiger partial charge in [0.2, 0.25) is 0 Å². The Morgan fingerprint density at radius 1 is 0.615 bits per heavy atom. The summed E-state index contributed by atoms with van der Waals surface area (Å²) in [6.07, 6.45) is 11.1. The second-order valence-corrected chi connectivity index (χ2v) is 6.26. The van der Waals surface area contributed by atoms with Crippen LogP contribution in [0.2, 0.25) is 0 Å². The summed E-state index contributed by atoms with van der Waals surface area (Å²) in [5.41, 5.74) is 0. The minimum Gasteiger partial charge on any atom is -0.490 e. The van der Waals surface area contributed by atoms with Crippen LogP contribution < -0.4 is 9.47 Å². The molecular weight excluding hydrogens is 332 g/mol. The molecule has 0 spiro atoms. The number of benzene rings is 1. The van der Waals surface area contributed by atoms with Crippen molar-refractivity contribution < 1.29 is 23.7 Å². The molecule has 2 atom stereocenters. The molecule has 2 unspecified atom stereocenters. The quantitative estimate of drug-likeness (QED) is 0.708. The second kappa shape index (κ2) is 11.0. The van der Waals surface area contributed by atoms with Gasteiger partial charge in [-0.15, -0.1) is 0 Å². The summed E-state index contributed by atoms with van der Waals surface area (Å²) >= 11 is 0. The van der Waals surface area contributed by atoms with Gasteiger partial charge >= 0.3 is 0 Å². The van der Waals surface area contributed by atoms with Crippen molar-refractivity contribution in [2.24, 2.45) is 0 Å². The molecule has 1 aromatic carbocycles. The van der Waals surface area contributed by atoms with Gasteiger partial charge in [0.25, 0.3) is 0 Å². The highest BCUT2D eigenvalue weighted by molar-refractivity contribution is 5.39. The topological polar surface area (TPSA) is 46.2 Å². The Bertz CT molecular complexity index is 533. The van der Waals surface area contributed by atoms with Crippen LogP contribution in [0.3, 0.4) is 0 Å². The van der Waals surface area contributed by atoms with E-state index in [2.05, 4.69) is 6.08 Å². The summed E-state index contributed by atoms with van der Waals surface area (Å²) in [5, 5.41) is 0. The molecule has 0 N–H and O–H groups in total. The van der Waals surface area contributed by atoms with Crippen LogP contribution in [0.1, 0.15) is 19.3 Å². The fraction of sp³-hybridized carbons (Fsp3) is 0.524. The minimum absolute atomic E-state index is 0.0228. The number of hydrogen-bond donors (Lipinski definition) is 0. The van der Waals surface area contributed by atoms with Gasteiger partial charge in [-0.05, 0) is 31.4 Å². The molecule has 0 fully saturated rings. The molecule has 2 aliphatic rings. The Morgan fingerprint density at radius 3 is 2.00 bits per heavy atom. The van der Waals surface area contributed by atoms with E-state index in [4.69, 9.17) is 23.7 Å². The number of ether oxygens (including phenoxy) is 5. The molecule has 0 saturated carbocycles. The van der Waals surface area contributed by atoms with Gasteiger partial charge < -0.3 is 23.7 Å². The number of hydrogen-bond acceptors (Lipinski definition) is 5. The largest absolute Gasteiger partial charge is 0.490 e. The van der Waals surface area contributed by atoms with Crippen molar-refractivity contribution in [1.82, 2.24) is 0 Å². The predicted octanol–water partition coefficient (Wildman–Crippen LogP) is 3.54. The Hall–Kier alpha value is -1.82. The summed E-state index contributed by atoms with van der Waals surface area (Å²) in [7, 11) is 0. The number of allylic oxidation sites excluding steroid dienone is 2. The predicted molar refractivity (Wildman–Crippen MR) is 99.9 cm³/mol. The van der Waals surface area contributed by atoms with Crippen molar-refractivity contribution in [3.63, 3.8) is 0 Å². The lowest BCUT2D eigenvalue weighted by Crippen LogP contribution is -2.31. The van der Waals surface area contributed by atoms with Gasteiger partial charge in [0.15, 0.2) is 11.5 Å². The minimum atomic E-state index is -0.0473. The SMILES string of the molecule is C1=CC2OCCCCCOc3ccccc3OCCOCCOC2C=C1. The van der Waals surface area contributed by atoms with Gasteiger partial charge in [-0.1, -0.05) is 36.4 Å². The molecule has 142 valence electrons. The Morgan fingerprint density at radius 2 is 1.23 bits per heavy atom. The van der Waals surface area contributed by atoms with E-state index in [0.29, 0.717) is 33.0 Å². The molecule has 0 amide bonds. The second-order valence-electron chi connectivity index (χ2n) is 6.26. The molecule has 1 heterocycles. The fourth-order valence-electron chi connectivity index (χ4n) is 2.89. The molecule has 0 aromatic heterocycles. The Balaban J connectivity index is 1.52. The third-order valence-electron chi connectivity index (χ3n) is 4.27. The molecular formula is C21H28O5. The van der Waals surface area contributed by atoms with Crippen molar-refractivity contribution in [3.8, 4) is 11.5 Å². The zero-order valence-electron chi connectivity index (χ0n) is 15.2. The first-order chi connectivity index (χ1) is 12.9. The summed E-state index contributed by atoms with van der Waals surface area (Å²) in [6, 6.07) is 7.77. The first-order valence-corrected chi connectivity index (χ1v) is 9.44. The van der Waals surface area contributed by atoms with Gasteiger partial charge in [-0.25, -0.2) is 0 Å². The highest BCUT2D eigenvalue weighted by atomic mass is 16.6. The maximum atomic E-state index is 5.98. The molecule has 1 aliphatic heterocycles. The first kappa shape index (κ1) is 19.0. The average molecular weight is 360 g/mol. The molecule has 1 aromatic rings.